The fourth-order valence-corrected chi connectivity index (χ4v) is 5.18. The summed E-state index contributed by atoms with van der Waals surface area (Å²) in [5, 5.41) is 5.53. The second kappa shape index (κ2) is 11.8. The van der Waals surface area contributed by atoms with Gasteiger partial charge in [0.05, 0.1) is 27.8 Å². The summed E-state index contributed by atoms with van der Waals surface area (Å²) in [7, 11) is 0. The molecular formula is C26H14Cl3F8N3O3. The third-order valence-corrected chi connectivity index (χ3v) is 7.48. The quantitative estimate of drug-likeness (QED) is 0.177. The van der Waals surface area contributed by atoms with Gasteiger partial charge in [0.1, 0.15) is 21.7 Å². The average Bonchev–Trinajstić information content (AvgIpc) is 3.50. The lowest BCUT2D eigenvalue weighted by molar-refractivity contribution is -0.137. The standard InChI is InChI=1S/C26H14Cl3F8N3O3/c27-14-2-1-12(8-13(14)22(41)39-16-4-3-15(31)20(19(16)32)40-24(43)21(33)34)38-23(42)18-17(25(18,28)29)9-5-10(26(35,36)37)7-11(30)6-9/h1-8,17-18,21H,(H,38,42)(H,39,41)(H,40,43)/t17-,18+/m0/s1. The Bertz CT molecular complexity index is 1640. The van der Waals surface area contributed by atoms with Gasteiger partial charge in [-0.15, -0.1) is 23.2 Å². The Morgan fingerprint density at radius 3 is 2.19 bits per heavy atom. The molecule has 3 aromatic carbocycles. The van der Waals surface area contributed by atoms with Crippen LogP contribution in [0.15, 0.2) is 48.5 Å². The summed E-state index contributed by atoms with van der Waals surface area (Å²) in [4.78, 5) is 37.0. The van der Waals surface area contributed by atoms with Gasteiger partial charge in [0.25, 0.3) is 11.8 Å². The Morgan fingerprint density at radius 2 is 1.56 bits per heavy atom. The first-order valence-corrected chi connectivity index (χ1v) is 12.8. The highest BCUT2D eigenvalue weighted by molar-refractivity contribution is 6.53. The topological polar surface area (TPSA) is 87.3 Å². The summed E-state index contributed by atoms with van der Waals surface area (Å²) >= 11 is 18.4. The van der Waals surface area contributed by atoms with Crippen molar-refractivity contribution in [1.29, 1.82) is 0 Å². The number of amides is 3. The van der Waals surface area contributed by atoms with Crippen molar-refractivity contribution in [3.63, 3.8) is 0 Å². The van der Waals surface area contributed by atoms with Crippen LogP contribution in [0.2, 0.25) is 5.02 Å². The van der Waals surface area contributed by atoms with Crippen LogP contribution in [0.25, 0.3) is 0 Å². The molecule has 6 nitrogen and oxygen atoms in total. The van der Waals surface area contributed by atoms with Gasteiger partial charge < -0.3 is 16.0 Å². The first-order valence-electron chi connectivity index (χ1n) is 11.7. The molecule has 0 aliphatic heterocycles. The number of carbonyl (C=O) groups is 3. The van der Waals surface area contributed by atoms with Crippen molar-refractivity contribution in [1.82, 2.24) is 0 Å². The van der Waals surface area contributed by atoms with Crippen molar-refractivity contribution in [3.05, 3.63) is 87.7 Å². The predicted molar refractivity (Wildman–Crippen MR) is 141 cm³/mol. The molecule has 3 aromatic rings. The summed E-state index contributed by atoms with van der Waals surface area (Å²) in [6, 6.07) is 6.35. The van der Waals surface area contributed by atoms with Gasteiger partial charge in [-0.2, -0.15) is 22.0 Å². The molecule has 0 heterocycles. The van der Waals surface area contributed by atoms with E-state index in [1.165, 1.54) is 11.4 Å². The number of benzene rings is 3. The van der Waals surface area contributed by atoms with Crippen LogP contribution in [-0.4, -0.2) is 28.5 Å². The Labute approximate surface area is 251 Å². The summed E-state index contributed by atoms with van der Waals surface area (Å²) in [5.41, 5.74) is -4.05. The van der Waals surface area contributed by atoms with Crippen molar-refractivity contribution in [2.24, 2.45) is 5.92 Å². The van der Waals surface area contributed by atoms with Crippen LogP contribution in [0.3, 0.4) is 0 Å². The van der Waals surface area contributed by atoms with Crippen molar-refractivity contribution in [2.45, 2.75) is 22.9 Å². The molecule has 17 heteroatoms. The van der Waals surface area contributed by atoms with Crippen molar-refractivity contribution in [2.75, 3.05) is 16.0 Å². The number of alkyl halides is 7. The monoisotopic (exact) mass is 673 g/mol. The van der Waals surface area contributed by atoms with Gasteiger partial charge >= 0.3 is 12.6 Å². The number of hydrogen-bond acceptors (Lipinski definition) is 3. The van der Waals surface area contributed by atoms with Crippen LogP contribution in [0.5, 0.6) is 0 Å². The van der Waals surface area contributed by atoms with Gasteiger partial charge in [-0.05, 0) is 54.1 Å². The lowest BCUT2D eigenvalue weighted by Crippen LogP contribution is -2.22. The Hall–Kier alpha value is -3.62. The van der Waals surface area contributed by atoms with E-state index >= 15 is 0 Å². The van der Waals surface area contributed by atoms with E-state index in [0.717, 1.165) is 24.3 Å². The second-order valence-electron chi connectivity index (χ2n) is 9.11. The lowest BCUT2D eigenvalue weighted by Gasteiger charge is -2.13. The zero-order valence-corrected chi connectivity index (χ0v) is 23.0. The van der Waals surface area contributed by atoms with Crippen LogP contribution < -0.4 is 16.0 Å². The maximum absolute atomic E-state index is 14.7. The van der Waals surface area contributed by atoms with E-state index in [2.05, 4.69) is 5.32 Å². The van der Waals surface area contributed by atoms with Crippen molar-refractivity contribution in [3.8, 4) is 0 Å². The van der Waals surface area contributed by atoms with Gasteiger partial charge in [-0.25, -0.2) is 13.2 Å². The molecule has 0 saturated heterocycles. The first-order chi connectivity index (χ1) is 19.9. The molecule has 1 aliphatic carbocycles. The molecular weight excluding hydrogens is 661 g/mol. The molecule has 0 unspecified atom stereocenters. The molecule has 3 N–H and O–H groups in total. The summed E-state index contributed by atoms with van der Waals surface area (Å²) < 4.78 is 105. The lowest BCUT2D eigenvalue weighted by atomic mass is 10.0. The molecule has 2 atom stereocenters. The fraction of sp³-hybridized carbons (Fsp3) is 0.192. The van der Waals surface area contributed by atoms with Crippen LogP contribution in [0.4, 0.5) is 52.2 Å². The molecule has 3 amide bonds. The summed E-state index contributed by atoms with van der Waals surface area (Å²) in [6.07, 6.45) is -8.47. The SMILES string of the molecule is O=C(Nc1ccc(F)c(NC(=O)C(F)F)c1F)c1cc(NC(=O)[C@H]2[C@H](c3cc(F)cc(C(F)(F)F)c3)C2(Cl)Cl)ccc1Cl. The number of nitrogens with one attached hydrogen (secondary N) is 3. The van der Waals surface area contributed by atoms with E-state index in [-0.39, 0.29) is 27.9 Å². The fourth-order valence-electron chi connectivity index (χ4n) is 4.15. The van der Waals surface area contributed by atoms with Crippen LogP contribution in [-0.2, 0) is 15.8 Å². The molecule has 0 radical (unpaired) electrons. The summed E-state index contributed by atoms with van der Waals surface area (Å²) in [5.74, 6) is -10.8. The van der Waals surface area contributed by atoms with E-state index in [1.807, 2.05) is 5.32 Å². The molecule has 0 bridgehead atoms. The minimum Gasteiger partial charge on any atom is -0.326 e. The van der Waals surface area contributed by atoms with E-state index in [1.54, 1.807) is 0 Å². The van der Waals surface area contributed by atoms with Crippen molar-refractivity contribution < 1.29 is 49.5 Å². The molecule has 4 rings (SSSR count). The molecule has 43 heavy (non-hydrogen) atoms. The molecule has 228 valence electrons. The smallest absolute Gasteiger partial charge is 0.326 e. The maximum atomic E-state index is 14.7. The largest absolute Gasteiger partial charge is 0.416 e. The maximum Gasteiger partial charge on any atom is 0.416 e. The molecule has 1 fully saturated rings. The molecule has 0 aromatic heterocycles. The van der Waals surface area contributed by atoms with E-state index in [9.17, 15) is 49.5 Å². The Morgan fingerprint density at radius 1 is 0.884 bits per heavy atom. The van der Waals surface area contributed by atoms with E-state index < -0.39 is 80.9 Å². The van der Waals surface area contributed by atoms with Crippen LogP contribution in [0, 0.1) is 23.4 Å². The highest BCUT2D eigenvalue weighted by Crippen LogP contribution is 2.65. The molecule has 0 spiro atoms. The first kappa shape index (κ1) is 32.3. The predicted octanol–water partition coefficient (Wildman–Crippen LogP) is 7.76. The zero-order valence-electron chi connectivity index (χ0n) is 20.7. The second-order valence-corrected chi connectivity index (χ2v) is 11.0. The Balaban J connectivity index is 1.53. The number of anilines is 3. The van der Waals surface area contributed by atoms with Crippen LogP contribution >= 0.6 is 34.8 Å². The zero-order chi connectivity index (χ0) is 32.0. The van der Waals surface area contributed by atoms with E-state index in [0.29, 0.717) is 12.1 Å². The van der Waals surface area contributed by atoms with Gasteiger partial charge in [-0.3, -0.25) is 14.4 Å². The third kappa shape index (κ3) is 6.81. The van der Waals surface area contributed by atoms with Gasteiger partial charge in [0, 0.05) is 11.6 Å². The average molecular weight is 675 g/mol. The number of carbonyl (C=O) groups excluding carboxylic acids is 3. The third-order valence-electron chi connectivity index (χ3n) is 6.21. The van der Waals surface area contributed by atoms with E-state index in [4.69, 9.17) is 34.8 Å². The highest BCUT2D eigenvalue weighted by Gasteiger charge is 2.67. The normalized spacial score (nSPS) is 17.4. The highest BCUT2D eigenvalue weighted by atomic mass is 35.5. The minimum atomic E-state index is -4.89. The molecule has 1 aliphatic rings. The number of hydrogen-bond donors (Lipinski definition) is 3. The van der Waals surface area contributed by atoms with Gasteiger partial charge in [-0.1, -0.05) is 11.6 Å². The van der Waals surface area contributed by atoms with Crippen LogP contribution in [0.1, 0.15) is 27.4 Å². The van der Waals surface area contributed by atoms with Crippen molar-refractivity contribution >= 4 is 69.6 Å². The van der Waals surface area contributed by atoms with Gasteiger partial charge in [0.15, 0.2) is 5.82 Å². The Kier molecular flexibility index (Phi) is 8.87. The summed E-state index contributed by atoms with van der Waals surface area (Å²) in [6.45, 7) is 0. The van der Waals surface area contributed by atoms with Gasteiger partial charge in [0.2, 0.25) is 5.91 Å². The number of rotatable bonds is 7. The molecule has 1 saturated carbocycles. The number of halogens is 11. The minimum absolute atomic E-state index is 0.103.